The Hall–Kier alpha value is -2.55. The summed E-state index contributed by atoms with van der Waals surface area (Å²) in [6.45, 7) is 0. The van der Waals surface area contributed by atoms with Crippen LogP contribution in [0.5, 0.6) is 11.5 Å². The van der Waals surface area contributed by atoms with Gasteiger partial charge in [0.1, 0.15) is 12.1 Å². The molecular formula is C18H15Cl2N3O4S. The second-order valence-electron chi connectivity index (χ2n) is 5.54. The molecule has 0 spiro atoms. The number of ether oxygens (including phenoxy) is 2. The largest absolute Gasteiger partial charge is 0.493 e. The molecule has 1 heterocycles. The van der Waals surface area contributed by atoms with Gasteiger partial charge in [-0.2, -0.15) is 0 Å². The third-order valence-corrected chi connectivity index (χ3v) is 5.88. The third-order valence-electron chi connectivity index (χ3n) is 3.79. The highest BCUT2D eigenvalue weighted by atomic mass is 35.5. The summed E-state index contributed by atoms with van der Waals surface area (Å²) in [6.07, 6.45) is 1.25. The number of hydrogen-bond acceptors (Lipinski definition) is 6. The van der Waals surface area contributed by atoms with Gasteiger partial charge in [0.2, 0.25) is 0 Å². The first-order valence-corrected chi connectivity index (χ1v) is 10.1. The standard InChI is InChI=1S/C18H15Cl2N3O4S/c1-26-16-6-4-12(8-17(16)27-2)28(24,25)23-18-9-15(21-10-22-18)11-3-5-13(19)14(20)7-11/h3-10H,1-2H3,(H,21,22,23). The van der Waals surface area contributed by atoms with Gasteiger partial charge >= 0.3 is 0 Å². The lowest BCUT2D eigenvalue weighted by molar-refractivity contribution is 0.354. The summed E-state index contributed by atoms with van der Waals surface area (Å²) in [5, 5.41) is 0.777. The van der Waals surface area contributed by atoms with E-state index in [1.807, 2.05) is 0 Å². The lowest BCUT2D eigenvalue weighted by atomic mass is 10.1. The van der Waals surface area contributed by atoms with E-state index in [2.05, 4.69) is 14.7 Å². The fourth-order valence-electron chi connectivity index (χ4n) is 2.41. The quantitative estimate of drug-likeness (QED) is 0.616. The maximum Gasteiger partial charge on any atom is 0.263 e. The molecule has 0 unspecified atom stereocenters. The van der Waals surface area contributed by atoms with Gasteiger partial charge in [-0.1, -0.05) is 29.3 Å². The van der Waals surface area contributed by atoms with Crippen LogP contribution in [0.15, 0.2) is 53.7 Å². The predicted octanol–water partition coefficient (Wildman–Crippen LogP) is 4.27. The van der Waals surface area contributed by atoms with Gasteiger partial charge in [0, 0.05) is 17.7 Å². The Labute approximate surface area is 172 Å². The van der Waals surface area contributed by atoms with E-state index in [4.69, 9.17) is 32.7 Å². The van der Waals surface area contributed by atoms with Crippen molar-refractivity contribution in [3.63, 3.8) is 0 Å². The van der Waals surface area contributed by atoms with E-state index in [0.717, 1.165) is 0 Å². The first kappa shape index (κ1) is 20.2. The molecule has 146 valence electrons. The smallest absolute Gasteiger partial charge is 0.263 e. The Balaban J connectivity index is 1.92. The maximum atomic E-state index is 12.7. The summed E-state index contributed by atoms with van der Waals surface area (Å²) in [4.78, 5) is 8.12. The van der Waals surface area contributed by atoms with Crippen LogP contribution in [0.4, 0.5) is 5.82 Å². The number of nitrogens with zero attached hydrogens (tertiary/aromatic N) is 2. The molecule has 0 aliphatic heterocycles. The van der Waals surface area contributed by atoms with Gasteiger partial charge in [-0.15, -0.1) is 0 Å². The topological polar surface area (TPSA) is 90.4 Å². The second kappa shape index (κ2) is 8.22. The molecule has 0 saturated heterocycles. The number of sulfonamides is 1. The van der Waals surface area contributed by atoms with E-state index in [1.165, 1.54) is 44.8 Å². The zero-order valence-corrected chi connectivity index (χ0v) is 17.1. The Morgan fingerprint density at radius 2 is 1.64 bits per heavy atom. The number of anilines is 1. The minimum absolute atomic E-state index is 0.000139. The lowest BCUT2D eigenvalue weighted by Crippen LogP contribution is -2.14. The number of nitrogens with one attached hydrogen (secondary N) is 1. The summed E-state index contributed by atoms with van der Waals surface area (Å²) >= 11 is 12.0. The fraction of sp³-hybridized carbons (Fsp3) is 0.111. The number of benzene rings is 2. The Kier molecular flexibility index (Phi) is 5.93. The second-order valence-corrected chi connectivity index (χ2v) is 8.04. The number of aromatic nitrogens is 2. The molecule has 0 fully saturated rings. The van der Waals surface area contributed by atoms with E-state index in [9.17, 15) is 8.42 Å². The lowest BCUT2D eigenvalue weighted by Gasteiger charge is -2.11. The summed E-state index contributed by atoms with van der Waals surface area (Å²) < 4.78 is 38.1. The van der Waals surface area contributed by atoms with Gasteiger partial charge in [0.15, 0.2) is 11.5 Å². The van der Waals surface area contributed by atoms with Gasteiger partial charge in [0.05, 0.1) is 34.9 Å². The SMILES string of the molecule is COc1ccc(S(=O)(=O)Nc2cc(-c3ccc(Cl)c(Cl)c3)ncn2)cc1OC. The summed E-state index contributed by atoms with van der Waals surface area (Å²) in [5.41, 5.74) is 1.15. The Morgan fingerprint density at radius 1 is 0.893 bits per heavy atom. The Morgan fingerprint density at radius 3 is 2.32 bits per heavy atom. The number of hydrogen-bond donors (Lipinski definition) is 1. The van der Waals surface area contributed by atoms with Crippen molar-refractivity contribution >= 4 is 39.0 Å². The van der Waals surface area contributed by atoms with Crippen LogP contribution in [0.25, 0.3) is 11.3 Å². The first-order chi connectivity index (χ1) is 13.3. The van der Waals surface area contributed by atoms with E-state index in [-0.39, 0.29) is 10.7 Å². The highest BCUT2D eigenvalue weighted by molar-refractivity contribution is 7.92. The molecule has 0 atom stereocenters. The van der Waals surface area contributed by atoms with E-state index < -0.39 is 10.0 Å². The van der Waals surface area contributed by atoms with E-state index >= 15 is 0 Å². The molecule has 0 saturated carbocycles. The summed E-state index contributed by atoms with van der Waals surface area (Å²) in [7, 11) is -1.01. The van der Waals surface area contributed by atoms with Gasteiger partial charge in [-0.05, 0) is 24.3 Å². The van der Waals surface area contributed by atoms with Crippen molar-refractivity contribution in [1.82, 2.24) is 9.97 Å². The van der Waals surface area contributed by atoms with Crippen molar-refractivity contribution in [3.8, 4) is 22.8 Å². The zero-order valence-electron chi connectivity index (χ0n) is 14.8. The molecular weight excluding hydrogens is 425 g/mol. The van der Waals surface area contributed by atoms with Crippen molar-refractivity contribution in [2.24, 2.45) is 0 Å². The molecule has 10 heteroatoms. The summed E-state index contributed by atoms with van der Waals surface area (Å²) in [6, 6.07) is 10.8. The molecule has 3 aromatic rings. The van der Waals surface area contributed by atoms with Crippen LogP contribution in [0.3, 0.4) is 0 Å². The molecule has 3 rings (SSSR count). The van der Waals surface area contributed by atoms with Crippen LogP contribution in [-0.2, 0) is 10.0 Å². The van der Waals surface area contributed by atoms with Crippen molar-refractivity contribution in [3.05, 3.63) is 58.8 Å². The minimum Gasteiger partial charge on any atom is -0.493 e. The average Bonchev–Trinajstić information content (AvgIpc) is 2.69. The molecule has 2 aromatic carbocycles. The van der Waals surface area contributed by atoms with Crippen LogP contribution < -0.4 is 14.2 Å². The Bertz CT molecular complexity index is 1120. The molecule has 0 aliphatic rings. The van der Waals surface area contributed by atoms with Crippen LogP contribution >= 0.6 is 23.2 Å². The molecule has 0 amide bonds. The molecule has 0 aliphatic carbocycles. The van der Waals surface area contributed by atoms with Gasteiger partial charge < -0.3 is 9.47 Å². The molecule has 7 nitrogen and oxygen atoms in total. The molecule has 1 N–H and O–H groups in total. The van der Waals surface area contributed by atoms with Crippen molar-refractivity contribution in [1.29, 1.82) is 0 Å². The van der Waals surface area contributed by atoms with E-state index in [1.54, 1.807) is 18.2 Å². The first-order valence-electron chi connectivity index (χ1n) is 7.86. The normalized spacial score (nSPS) is 11.1. The van der Waals surface area contributed by atoms with E-state index in [0.29, 0.717) is 32.8 Å². The van der Waals surface area contributed by atoms with Crippen molar-refractivity contribution < 1.29 is 17.9 Å². The fourth-order valence-corrected chi connectivity index (χ4v) is 3.72. The summed E-state index contributed by atoms with van der Waals surface area (Å²) in [5.74, 6) is 0.820. The van der Waals surface area contributed by atoms with Crippen LogP contribution in [-0.4, -0.2) is 32.6 Å². The monoisotopic (exact) mass is 439 g/mol. The van der Waals surface area contributed by atoms with Crippen LogP contribution in [0, 0.1) is 0 Å². The molecule has 0 bridgehead atoms. The maximum absolute atomic E-state index is 12.7. The molecule has 0 radical (unpaired) electrons. The van der Waals surface area contributed by atoms with Crippen molar-refractivity contribution in [2.45, 2.75) is 4.90 Å². The molecule has 1 aromatic heterocycles. The van der Waals surface area contributed by atoms with Gasteiger partial charge in [-0.3, -0.25) is 4.72 Å². The highest BCUT2D eigenvalue weighted by Gasteiger charge is 2.18. The van der Waals surface area contributed by atoms with Crippen LogP contribution in [0.1, 0.15) is 0 Å². The highest BCUT2D eigenvalue weighted by Crippen LogP contribution is 2.31. The molecule has 28 heavy (non-hydrogen) atoms. The minimum atomic E-state index is -3.91. The predicted molar refractivity (Wildman–Crippen MR) is 108 cm³/mol. The number of methoxy groups -OCH3 is 2. The average molecular weight is 440 g/mol. The van der Waals surface area contributed by atoms with Crippen molar-refractivity contribution in [2.75, 3.05) is 18.9 Å². The third kappa shape index (κ3) is 4.30. The van der Waals surface area contributed by atoms with Crippen LogP contribution in [0.2, 0.25) is 10.0 Å². The zero-order chi connectivity index (χ0) is 20.3. The van der Waals surface area contributed by atoms with Gasteiger partial charge in [0.25, 0.3) is 10.0 Å². The number of halogens is 2. The number of rotatable bonds is 6. The van der Waals surface area contributed by atoms with Gasteiger partial charge in [-0.25, -0.2) is 18.4 Å².